The number of aliphatic hydroxyl groups excluding tert-OH is 3. The molecule has 9 heavy (non-hydrogen) atoms. The number of rotatable bonds is 2. The van der Waals surface area contributed by atoms with Gasteiger partial charge in [-0.1, -0.05) is 45.2 Å². The predicted molar refractivity (Wildman–Crippen MR) is 53.1 cm³/mol. The first-order valence-corrected chi connectivity index (χ1v) is 5.29. The zero-order chi connectivity index (χ0) is 7.70. The highest BCUT2D eigenvalue weighted by atomic mass is 127. The maximum absolute atomic E-state index is 8.17. The van der Waals surface area contributed by atoms with E-state index in [1.54, 1.807) is 0 Å². The van der Waals surface area contributed by atoms with Gasteiger partial charge >= 0.3 is 0 Å². The molecule has 0 saturated carbocycles. The molecule has 0 aromatic heterocycles. The Labute approximate surface area is 81.7 Å². The first kappa shape index (κ1) is 13.0. The molecule has 3 nitrogen and oxygen atoms in total. The highest BCUT2D eigenvalue weighted by molar-refractivity contribution is 14.2. The van der Waals surface area contributed by atoms with E-state index in [0.717, 1.165) is 0 Å². The van der Waals surface area contributed by atoms with E-state index in [4.69, 9.17) is 15.3 Å². The van der Waals surface area contributed by atoms with Crippen LogP contribution in [0.2, 0.25) is 0 Å². The van der Waals surface area contributed by atoms with Crippen LogP contribution in [0, 0.1) is 0 Å². The second-order valence-electron chi connectivity index (χ2n) is 1.12. The summed E-state index contributed by atoms with van der Waals surface area (Å²) < 4.78 is 1.19. The maximum Gasteiger partial charge on any atom is 0.100 e. The lowest BCUT2D eigenvalue weighted by molar-refractivity contribution is 0.0450. The highest BCUT2D eigenvalue weighted by Gasteiger charge is 1.93. The highest BCUT2D eigenvalue weighted by Crippen LogP contribution is 1.86. The van der Waals surface area contributed by atoms with Gasteiger partial charge in [0.15, 0.2) is 0 Å². The Bertz CT molecular complexity index is 40.8. The van der Waals surface area contributed by atoms with Crippen molar-refractivity contribution in [3.63, 3.8) is 0 Å². The summed E-state index contributed by atoms with van der Waals surface area (Å²) in [4.78, 5) is 0. The van der Waals surface area contributed by atoms with Crippen molar-refractivity contribution >= 4 is 45.2 Å². The van der Waals surface area contributed by atoms with Gasteiger partial charge in [0.1, 0.15) is 6.10 Å². The number of aliphatic hydroxyl groups is 3. The Kier molecular flexibility index (Phi) is 17.4. The SMILES string of the molecule is ICI.OCC(O)CO. The Balaban J connectivity index is 0. The minimum Gasteiger partial charge on any atom is -0.394 e. The standard InChI is InChI=1S/C3H8O3.CH2I2/c4-1-3(6)2-5;2-1-3/h3-6H,1-2H2;1H2. The summed E-state index contributed by atoms with van der Waals surface area (Å²) in [5, 5.41) is 24.0. The van der Waals surface area contributed by atoms with Crippen LogP contribution in [-0.4, -0.2) is 37.1 Å². The van der Waals surface area contributed by atoms with E-state index in [2.05, 4.69) is 45.2 Å². The molecule has 0 rings (SSSR count). The van der Waals surface area contributed by atoms with Gasteiger partial charge in [-0.3, -0.25) is 0 Å². The van der Waals surface area contributed by atoms with Crippen LogP contribution in [0.5, 0.6) is 0 Å². The van der Waals surface area contributed by atoms with Crippen LogP contribution in [-0.2, 0) is 0 Å². The van der Waals surface area contributed by atoms with E-state index in [1.807, 2.05) is 0 Å². The molecule has 0 heterocycles. The van der Waals surface area contributed by atoms with E-state index >= 15 is 0 Å². The number of halogens is 2. The van der Waals surface area contributed by atoms with Crippen LogP contribution >= 0.6 is 45.2 Å². The van der Waals surface area contributed by atoms with E-state index in [9.17, 15) is 0 Å². The maximum atomic E-state index is 8.17. The van der Waals surface area contributed by atoms with Gasteiger partial charge in [-0.25, -0.2) is 0 Å². The Morgan fingerprint density at radius 2 is 1.33 bits per heavy atom. The molecule has 0 aliphatic carbocycles. The van der Waals surface area contributed by atoms with Crippen molar-refractivity contribution in [3.05, 3.63) is 0 Å². The van der Waals surface area contributed by atoms with Gasteiger partial charge in [-0.05, 0) is 0 Å². The molecule has 0 aromatic rings. The molecular weight excluding hydrogens is 350 g/mol. The molecule has 58 valence electrons. The lowest BCUT2D eigenvalue weighted by atomic mass is 10.4. The van der Waals surface area contributed by atoms with Crippen LogP contribution in [0.25, 0.3) is 0 Å². The van der Waals surface area contributed by atoms with Gasteiger partial charge in [0.25, 0.3) is 0 Å². The molecule has 0 radical (unpaired) electrons. The fourth-order valence-corrected chi connectivity index (χ4v) is 0.0577. The smallest absolute Gasteiger partial charge is 0.100 e. The van der Waals surface area contributed by atoms with E-state index in [0.29, 0.717) is 0 Å². The average Bonchev–Trinajstić information content (AvgIpc) is 1.88. The summed E-state index contributed by atoms with van der Waals surface area (Å²) in [6, 6.07) is 0. The Hall–Kier alpha value is 1.34. The largest absolute Gasteiger partial charge is 0.394 e. The van der Waals surface area contributed by atoms with E-state index < -0.39 is 6.10 Å². The zero-order valence-electron chi connectivity index (χ0n) is 4.80. The van der Waals surface area contributed by atoms with Gasteiger partial charge in [0.2, 0.25) is 0 Å². The van der Waals surface area contributed by atoms with Crippen molar-refractivity contribution < 1.29 is 15.3 Å². The fourth-order valence-electron chi connectivity index (χ4n) is 0.0577. The second-order valence-corrected chi connectivity index (χ2v) is 5.56. The normalized spacial score (nSPS) is 8.67. The van der Waals surface area contributed by atoms with Crippen molar-refractivity contribution in [3.8, 4) is 0 Å². The van der Waals surface area contributed by atoms with E-state index in [-0.39, 0.29) is 13.2 Å². The molecular formula is C4H10I2O3. The molecule has 0 aliphatic heterocycles. The van der Waals surface area contributed by atoms with Gasteiger partial charge < -0.3 is 15.3 Å². The molecule has 0 saturated heterocycles. The lowest BCUT2D eigenvalue weighted by Gasteiger charge is -1.96. The fraction of sp³-hybridized carbons (Fsp3) is 1.00. The molecule has 0 unspecified atom stereocenters. The van der Waals surface area contributed by atoms with Crippen LogP contribution in [0.15, 0.2) is 0 Å². The quantitative estimate of drug-likeness (QED) is 0.486. The lowest BCUT2D eigenvalue weighted by Crippen LogP contribution is -2.15. The van der Waals surface area contributed by atoms with Gasteiger partial charge in [-0.2, -0.15) is 0 Å². The third-order valence-corrected chi connectivity index (χ3v) is 0.421. The summed E-state index contributed by atoms with van der Waals surface area (Å²) >= 11 is 4.55. The summed E-state index contributed by atoms with van der Waals surface area (Å²) in [6.45, 7) is -0.729. The molecule has 0 fully saturated rings. The van der Waals surface area contributed by atoms with Gasteiger partial charge in [0.05, 0.1) is 15.6 Å². The summed E-state index contributed by atoms with van der Waals surface area (Å²) in [6.07, 6.45) is -0.954. The third kappa shape index (κ3) is 17.6. The molecule has 0 amide bonds. The first-order chi connectivity index (χ1) is 4.22. The third-order valence-electron chi connectivity index (χ3n) is 0.421. The van der Waals surface area contributed by atoms with Crippen molar-refractivity contribution in [1.29, 1.82) is 0 Å². The zero-order valence-corrected chi connectivity index (χ0v) is 9.11. The van der Waals surface area contributed by atoms with Crippen LogP contribution < -0.4 is 0 Å². The summed E-state index contributed by atoms with van der Waals surface area (Å²) in [5.41, 5.74) is 0. The van der Waals surface area contributed by atoms with Gasteiger partial charge in [0, 0.05) is 0 Å². The van der Waals surface area contributed by atoms with Crippen molar-refractivity contribution in [2.75, 3.05) is 15.6 Å². The Morgan fingerprint density at radius 1 is 1.11 bits per heavy atom. The molecule has 3 N–H and O–H groups in total. The van der Waals surface area contributed by atoms with E-state index in [1.165, 1.54) is 2.43 Å². The monoisotopic (exact) mass is 360 g/mol. The first-order valence-electron chi connectivity index (χ1n) is 2.24. The Morgan fingerprint density at radius 3 is 1.33 bits per heavy atom. The average molecular weight is 360 g/mol. The van der Waals surface area contributed by atoms with Crippen LogP contribution in [0.4, 0.5) is 0 Å². The summed E-state index contributed by atoms with van der Waals surface area (Å²) in [7, 11) is 0. The minimum atomic E-state index is -0.954. The summed E-state index contributed by atoms with van der Waals surface area (Å²) in [5.74, 6) is 0. The van der Waals surface area contributed by atoms with Gasteiger partial charge in [-0.15, -0.1) is 0 Å². The molecule has 0 spiro atoms. The molecule has 0 bridgehead atoms. The number of hydrogen-bond acceptors (Lipinski definition) is 3. The molecule has 5 heteroatoms. The number of hydrogen-bond donors (Lipinski definition) is 3. The number of alkyl halides is 2. The molecule has 0 atom stereocenters. The van der Waals surface area contributed by atoms with Crippen molar-refractivity contribution in [2.45, 2.75) is 6.10 Å². The van der Waals surface area contributed by atoms with Crippen LogP contribution in [0.3, 0.4) is 0 Å². The van der Waals surface area contributed by atoms with Crippen molar-refractivity contribution in [2.24, 2.45) is 0 Å². The second kappa shape index (κ2) is 12.1. The topological polar surface area (TPSA) is 60.7 Å². The van der Waals surface area contributed by atoms with Crippen LogP contribution in [0.1, 0.15) is 0 Å². The molecule has 0 aliphatic rings. The predicted octanol–water partition coefficient (Wildman–Crippen LogP) is 0.146. The van der Waals surface area contributed by atoms with Crippen molar-refractivity contribution in [1.82, 2.24) is 0 Å². The minimum absolute atomic E-state index is 0.365. The molecule has 0 aromatic carbocycles.